The van der Waals surface area contributed by atoms with Crippen LogP contribution in [-0.4, -0.2) is 18.4 Å². The number of carbonyl (C=O) groups excluding carboxylic acids is 2. The molecule has 0 saturated heterocycles. The Morgan fingerprint density at radius 3 is 2.78 bits per heavy atom. The second-order valence-electron chi connectivity index (χ2n) is 5.02. The largest absolute Gasteiger partial charge is 0.479 e. The van der Waals surface area contributed by atoms with Gasteiger partial charge in [0.2, 0.25) is 5.91 Å². The zero-order valence-corrected chi connectivity index (χ0v) is 12.6. The highest BCUT2D eigenvalue weighted by Crippen LogP contribution is 2.36. The first kappa shape index (κ1) is 15.3. The van der Waals surface area contributed by atoms with E-state index in [-0.39, 0.29) is 42.0 Å². The molecular formula is C16H12ClFN2O3. The number of hydrogen-bond acceptors (Lipinski definition) is 3. The molecule has 3 rings (SSSR count). The predicted octanol–water partition coefficient (Wildman–Crippen LogP) is 2.99. The van der Waals surface area contributed by atoms with Gasteiger partial charge < -0.3 is 15.4 Å². The van der Waals surface area contributed by atoms with Crippen molar-refractivity contribution in [3.63, 3.8) is 0 Å². The van der Waals surface area contributed by atoms with Crippen molar-refractivity contribution in [1.29, 1.82) is 0 Å². The number of anilines is 2. The van der Waals surface area contributed by atoms with E-state index < -0.39 is 5.82 Å². The van der Waals surface area contributed by atoms with Crippen LogP contribution in [0.5, 0.6) is 5.75 Å². The minimum absolute atomic E-state index is 0.106. The standard InChI is InChI=1S/C16H12ClFN2O3/c17-10-3-1-9(2-4-10)5-14(21)19-12-6-11(18)7-13-16(12)23-8-15(22)20-13/h1-4,6-7H,5,8H2,(H,19,21)(H,20,22). The summed E-state index contributed by atoms with van der Waals surface area (Å²) in [5.41, 5.74) is 1.15. The normalized spacial score (nSPS) is 12.9. The lowest BCUT2D eigenvalue weighted by molar-refractivity contribution is -0.118. The smallest absolute Gasteiger partial charge is 0.262 e. The molecule has 0 aromatic heterocycles. The van der Waals surface area contributed by atoms with Gasteiger partial charge in [0, 0.05) is 17.2 Å². The SMILES string of the molecule is O=C1COc2c(cc(F)cc2NC(=O)Cc2ccc(Cl)cc2)N1. The number of ether oxygens (including phenoxy) is 1. The Morgan fingerprint density at radius 2 is 2.04 bits per heavy atom. The van der Waals surface area contributed by atoms with E-state index in [0.29, 0.717) is 5.02 Å². The topological polar surface area (TPSA) is 67.4 Å². The molecular weight excluding hydrogens is 323 g/mol. The Bertz CT molecular complexity index is 778. The minimum Gasteiger partial charge on any atom is -0.479 e. The predicted molar refractivity (Wildman–Crippen MR) is 84.3 cm³/mol. The lowest BCUT2D eigenvalue weighted by Crippen LogP contribution is -2.26. The number of carbonyl (C=O) groups is 2. The Hall–Kier alpha value is -2.60. The van der Waals surface area contributed by atoms with Gasteiger partial charge in [-0.1, -0.05) is 23.7 Å². The summed E-state index contributed by atoms with van der Waals surface area (Å²) >= 11 is 5.79. The van der Waals surface area contributed by atoms with E-state index in [9.17, 15) is 14.0 Å². The minimum atomic E-state index is -0.587. The maximum Gasteiger partial charge on any atom is 0.262 e. The molecule has 0 aliphatic carbocycles. The van der Waals surface area contributed by atoms with Gasteiger partial charge in [-0.25, -0.2) is 4.39 Å². The molecule has 0 bridgehead atoms. The van der Waals surface area contributed by atoms with Crippen molar-refractivity contribution in [2.24, 2.45) is 0 Å². The third-order valence-electron chi connectivity index (χ3n) is 3.23. The lowest BCUT2D eigenvalue weighted by atomic mass is 10.1. The lowest BCUT2D eigenvalue weighted by Gasteiger charge is -2.21. The maximum atomic E-state index is 13.6. The highest BCUT2D eigenvalue weighted by atomic mass is 35.5. The number of benzene rings is 2. The highest BCUT2D eigenvalue weighted by Gasteiger charge is 2.21. The molecule has 5 nitrogen and oxygen atoms in total. The first-order valence-electron chi connectivity index (χ1n) is 6.82. The van der Waals surface area contributed by atoms with Crippen LogP contribution in [0.2, 0.25) is 5.02 Å². The third kappa shape index (κ3) is 3.60. The van der Waals surface area contributed by atoms with Gasteiger partial charge in [-0.05, 0) is 17.7 Å². The average Bonchev–Trinajstić information content (AvgIpc) is 2.49. The number of halogens is 2. The summed E-state index contributed by atoms with van der Waals surface area (Å²) in [6, 6.07) is 9.14. The van der Waals surface area contributed by atoms with Crippen LogP contribution in [0.1, 0.15) is 5.56 Å². The summed E-state index contributed by atoms with van der Waals surface area (Å²) in [6.07, 6.45) is 0.106. The zero-order valence-electron chi connectivity index (χ0n) is 11.9. The van der Waals surface area contributed by atoms with E-state index in [1.54, 1.807) is 24.3 Å². The van der Waals surface area contributed by atoms with Crippen molar-refractivity contribution in [2.75, 3.05) is 17.2 Å². The van der Waals surface area contributed by atoms with E-state index in [0.717, 1.165) is 17.7 Å². The molecule has 0 radical (unpaired) electrons. The van der Waals surface area contributed by atoms with Crippen LogP contribution >= 0.6 is 11.6 Å². The Morgan fingerprint density at radius 1 is 1.30 bits per heavy atom. The van der Waals surface area contributed by atoms with Crippen LogP contribution in [0.25, 0.3) is 0 Å². The van der Waals surface area contributed by atoms with Crippen LogP contribution in [0, 0.1) is 5.82 Å². The second kappa shape index (κ2) is 6.26. The fraction of sp³-hybridized carbons (Fsp3) is 0.125. The van der Waals surface area contributed by atoms with Gasteiger partial charge in [-0.3, -0.25) is 9.59 Å². The van der Waals surface area contributed by atoms with E-state index in [1.807, 2.05) is 0 Å². The zero-order chi connectivity index (χ0) is 16.4. The number of hydrogen-bond donors (Lipinski definition) is 2. The molecule has 118 valence electrons. The van der Waals surface area contributed by atoms with Gasteiger partial charge in [0.15, 0.2) is 12.4 Å². The Labute approximate surface area is 136 Å². The average molecular weight is 335 g/mol. The van der Waals surface area contributed by atoms with Crippen LogP contribution in [0.4, 0.5) is 15.8 Å². The molecule has 1 aliphatic heterocycles. The number of fused-ring (bicyclic) bond motifs is 1. The fourth-order valence-corrected chi connectivity index (χ4v) is 2.37. The molecule has 2 aromatic rings. The molecule has 7 heteroatoms. The van der Waals surface area contributed by atoms with Gasteiger partial charge in [0.1, 0.15) is 5.82 Å². The summed E-state index contributed by atoms with van der Waals surface area (Å²) < 4.78 is 18.9. The van der Waals surface area contributed by atoms with Crippen LogP contribution < -0.4 is 15.4 Å². The van der Waals surface area contributed by atoms with E-state index >= 15 is 0 Å². The van der Waals surface area contributed by atoms with Gasteiger partial charge in [-0.2, -0.15) is 0 Å². The molecule has 2 amide bonds. The second-order valence-corrected chi connectivity index (χ2v) is 5.45. The van der Waals surface area contributed by atoms with Crippen molar-refractivity contribution in [1.82, 2.24) is 0 Å². The monoisotopic (exact) mass is 334 g/mol. The summed E-state index contributed by atoms with van der Waals surface area (Å²) in [7, 11) is 0. The van der Waals surface area contributed by atoms with Crippen LogP contribution in [0.15, 0.2) is 36.4 Å². The molecule has 2 aromatic carbocycles. The maximum absolute atomic E-state index is 13.6. The number of rotatable bonds is 3. The van der Waals surface area contributed by atoms with E-state index in [1.165, 1.54) is 0 Å². The van der Waals surface area contributed by atoms with Gasteiger partial charge in [-0.15, -0.1) is 0 Å². The summed E-state index contributed by atoms with van der Waals surface area (Å²) in [5.74, 6) is -1.05. The van der Waals surface area contributed by atoms with Crippen molar-refractivity contribution in [3.05, 3.63) is 52.8 Å². The van der Waals surface area contributed by atoms with E-state index in [2.05, 4.69) is 10.6 Å². The molecule has 0 atom stereocenters. The molecule has 2 N–H and O–H groups in total. The molecule has 0 unspecified atom stereocenters. The number of nitrogens with one attached hydrogen (secondary N) is 2. The first-order chi connectivity index (χ1) is 11.0. The highest BCUT2D eigenvalue weighted by molar-refractivity contribution is 6.30. The summed E-state index contributed by atoms with van der Waals surface area (Å²) in [4.78, 5) is 23.4. The molecule has 0 saturated carbocycles. The van der Waals surface area contributed by atoms with Gasteiger partial charge in [0.25, 0.3) is 5.91 Å². The van der Waals surface area contributed by atoms with Crippen molar-refractivity contribution in [2.45, 2.75) is 6.42 Å². The van der Waals surface area contributed by atoms with Gasteiger partial charge >= 0.3 is 0 Å². The molecule has 0 fully saturated rings. The Balaban J connectivity index is 1.78. The van der Waals surface area contributed by atoms with Crippen molar-refractivity contribution < 1.29 is 18.7 Å². The molecule has 1 heterocycles. The summed E-state index contributed by atoms with van der Waals surface area (Å²) in [6.45, 7) is -0.182. The quantitative estimate of drug-likeness (QED) is 0.906. The van der Waals surface area contributed by atoms with Gasteiger partial charge in [0.05, 0.1) is 17.8 Å². The van der Waals surface area contributed by atoms with Crippen LogP contribution in [0.3, 0.4) is 0 Å². The summed E-state index contributed by atoms with van der Waals surface area (Å²) in [5, 5.41) is 5.68. The molecule has 23 heavy (non-hydrogen) atoms. The molecule has 0 spiro atoms. The first-order valence-corrected chi connectivity index (χ1v) is 7.19. The third-order valence-corrected chi connectivity index (χ3v) is 3.48. The van der Waals surface area contributed by atoms with Crippen LogP contribution in [-0.2, 0) is 16.0 Å². The molecule has 1 aliphatic rings. The fourth-order valence-electron chi connectivity index (χ4n) is 2.24. The van der Waals surface area contributed by atoms with Crippen molar-refractivity contribution >= 4 is 34.8 Å². The number of amides is 2. The Kier molecular flexibility index (Phi) is 4.16. The van der Waals surface area contributed by atoms with Crippen molar-refractivity contribution in [3.8, 4) is 5.75 Å². The van der Waals surface area contributed by atoms with E-state index in [4.69, 9.17) is 16.3 Å².